The molecule has 228 valence electrons. The third kappa shape index (κ3) is 10.00. The maximum atomic E-state index is 14.2. The van der Waals surface area contributed by atoms with Gasteiger partial charge in [-0.2, -0.15) is 0 Å². The summed E-state index contributed by atoms with van der Waals surface area (Å²) in [6.45, 7) is 17.5. The predicted molar refractivity (Wildman–Crippen MR) is 164 cm³/mol. The van der Waals surface area contributed by atoms with Gasteiger partial charge in [0.2, 0.25) is 0 Å². The van der Waals surface area contributed by atoms with Gasteiger partial charge in [0.15, 0.2) is 8.32 Å². The number of nitrogens with zero attached hydrogens (tertiary/aromatic N) is 1. The molecule has 1 fully saturated rings. The second kappa shape index (κ2) is 14.9. The van der Waals surface area contributed by atoms with Crippen LogP contribution < -0.4 is 0 Å². The number of carboxylic acid groups (broad SMARTS) is 1. The maximum Gasteiger partial charge on any atom is 0.329 e. The number of carbonyl (C=O) groups is 1. The summed E-state index contributed by atoms with van der Waals surface area (Å²) >= 11 is 0. The minimum Gasteiger partial charge on any atom is -0.480 e. The Morgan fingerprint density at radius 2 is 1.93 bits per heavy atom. The predicted octanol–water partition coefficient (Wildman–Crippen LogP) is 6.95. The summed E-state index contributed by atoms with van der Waals surface area (Å²) in [5, 5.41) is 8.92. The Hall–Kier alpha value is -2.10. The van der Waals surface area contributed by atoms with E-state index in [9.17, 15) is 9.18 Å². The lowest BCUT2D eigenvalue weighted by Gasteiger charge is -2.41. The third-order valence-corrected chi connectivity index (χ3v) is 13.2. The van der Waals surface area contributed by atoms with Crippen molar-refractivity contribution in [1.29, 1.82) is 0 Å². The van der Waals surface area contributed by atoms with E-state index in [1.807, 2.05) is 30.3 Å². The molecule has 0 amide bonds. The van der Waals surface area contributed by atoms with Crippen molar-refractivity contribution in [2.45, 2.75) is 96.7 Å². The Morgan fingerprint density at radius 3 is 2.61 bits per heavy atom. The highest BCUT2D eigenvalue weighted by Gasteiger charge is 2.40. The zero-order valence-electron chi connectivity index (χ0n) is 26.0. The summed E-state index contributed by atoms with van der Waals surface area (Å²) in [6, 6.07) is 14.1. The van der Waals surface area contributed by atoms with E-state index in [0.29, 0.717) is 31.2 Å². The molecule has 3 atom stereocenters. The molecule has 1 aliphatic heterocycles. The van der Waals surface area contributed by atoms with Crippen LogP contribution in [0.1, 0.15) is 68.9 Å². The molecule has 1 aliphatic rings. The molecule has 0 aromatic heterocycles. The number of hydrogen-bond donors (Lipinski definition) is 1. The number of rotatable bonds is 15. The SMILES string of the molecule is Cc1ccc(C[C@@H]2CCCN2C[C@@H](CO[C@H](C)c2ccccc2CCOCC(=O)O)O[Si](C)(C)C(C)(C)C)cc1F. The van der Waals surface area contributed by atoms with Gasteiger partial charge in [0.1, 0.15) is 12.4 Å². The van der Waals surface area contributed by atoms with Crippen LogP contribution in [-0.4, -0.2) is 69.3 Å². The molecule has 0 unspecified atom stereocenters. The van der Waals surface area contributed by atoms with Crippen molar-refractivity contribution in [3.05, 3.63) is 70.5 Å². The minimum atomic E-state index is -2.06. The first kappa shape index (κ1) is 33.4. The fraction of sp³-hybridized carbons (Fsp3) is 0.606. The monoisotopic (exact) mass is 587 g/mol. The van der Waals surface area contributed by atoms with Crippen molar-refractivity contribution < 1.29 is 28.2 Å². The number of carboxylic acids is 1. The second-order valence-electron chi connectivity index (χ2n) is 12.9. The Labute approximate surface area is 247 Å². The van der Waals surface area contributed by atoms with Gasteiger partial charge in [0.25, 0.3) is 0 Å². The van der Waals surface area contributed by atoms with Crippen LogP contribution in [0, 0.1) is 12.7 Å². The van der Waals surface area contributed by atoms with Crippen LogP contribution in [0.2, 0.25) is 18.1 Å². The molecule has 2 aromatic rings. The van der Waals surface area contributed by atoms with Crippen molar-refractivity contribution >= 4 is 14.3 Å². The van der Waals surface area contributed by atoms with E-state index in [1.165, 1.54) is 0 Å². The summed E-state index contributed by atoms with van der Waals surface area (Å²) in [4.78, 5) is 13.3. The topological polar surface area (TPSA) is 68.2 Å². The second-order valence-corrected chi connectivity index (χ2v) is 17.7. The smallest absolute Gasteiger partial charge is 0.329 e. The fourth-order valence-corrected chi connectivity index (χ4v) is 6.55. The lowest BCUT2D eigenvalue weighted by Crippen LogP contribution is -2.49. The van der Waals surface area contributed by atoms with Gasteiger partial charge in [-0.25, -0.2) is 9.18 Å². The third-order valence-electron chi connectivity index (χ3n) is 8.68. The number of benzene rings is 2. The lowest BCUT2D eigenvalue weighted by molar-refractivity contribution is -0.142. The van der Waals surface area contributed by atoms with E-state index in [-0.39, 0.29) is 29.7 Å². The lowest BCUT2D eigenvalue weighted by atomic mass is 10.0. The zero-order valence-corrected chi connectivity index (χ0v) is 27.0. The van der Waals surface area contributed by atoms with Crippen molar-refractivity contribution in [2.24, 2.45) is 0 Å². The van der Waals surface area contributed by atoms with Gasteiger partial charge in [0.05, 0.1) is 25.4 Å². The van der Waals surface area contributed by atoms with Gasteiger partial charge in [-0.15, -0.1) is 0 Å². The van der Waals surface area contributed by atoms with Crippen LogP contribution in [0.15, 0.2) is 42.5 Å². The molecule has 0 bridgehead atoms. The number of hydrogen-bond acceptors (Lipinski definition) is 5. The first-order valence-corrected chi connectivity index (χ1v) is 17.8. The molecule has 1 heterocycles. The molecule has 3 rings (SSSR count). The molecule has 2 aromatic carbocycles. The van der Waals surface area contributed by atoms with E-state index in [0.717, 1.165) is 49.0 Å². The Bertz CT molecular complexity index is 1130. The molecule has 1 saturated heterocycles. The first-order chi connectivity index (χ1) is 19.3. The van der Waals surface area contributed by atoms with Gasteiger partial charge in [-0.1, -0.05) is 57.2 Å². The van der Waals surface area contributed by atoms with Crippen LogP contribution in [-0.2, 0) is 31.5 Å². The Morgan fingerprint density at radius 1 is 1.20 bits per heavy atom. The molecule has 0 spiro atoms. The van der Waals surface area contributed by atoms with Crippen molar-refractivity contribution in [3.8, 4) is 0 Å². The van der Waals surface area contributed by atoms with Crippen LogP contribution in [0.4, 0.5) is 4.39 Å². The van der Waals surface area contributed by atoms with Gasteiger partial charge < -0.3 is 19.0 Å². The van der Waals surface area contributed by atoms with E-state index >= 15 is 0 Å². The molecule has 0 radical (unpaired) electrons. The summed E-state index contributed by atoms with van der Waals surface area (Å²) in [6.07, 6.45) is 3.44. The normalized spacial score (nSPS) is 18.0. The van der Waals surface area contributed by atoms with Crippen LogP contribution in [0.5, 0.6) is 0 Å². The molecule has 6 nitrogen and oxygen atoms in total. The van der Waals surface area contributed by atoms with Gasteiger partial charge in [-0.3, -0.25) is 4.90 Å². The highest BCUT2D eigenvalue weighted by atomic mass is 28.4. The number of halogens is 1. The Balaban J connectivity index is 1.70. The Kier molecular flexibility index (Phi) is 12.1. The van der Waals surface area contributed by atoms with Gasteiger partial charge >= 0.3 is 5.97 Å². The number of aliphatic carboxylic acids is 1. The van der Waals surface area contributed by atoms with Crippen molar-refractivity contribution in [3.63, 3.8) is 0 Å². The first-order valence-electron chi connectivity index (χ1n) is 14.9. The number of aryl methyl sites for hydroxylation is 1. The fourth-order valence-electron chi connectivity index (χ4n) is 5.22. The molecule has 41 heavy (non-hydrogen) atoms. The quantitative estimate of drug-likeness (QED) is 0.180. The molecule has 0 saturated carbocycles. The minimum absolute atomic E-state index is 0.0727. The largest absolute Gasteiger partial charge is 0.480 e. The molecule has 1 N–H and O–H groups in total. The van der Waals surface area contributed by atoms with Crippen LogP contribution in [0.25, 0.3) is 0 Å². The standard InChI is InChI=1S/C33H50FNO5Si/c1-24-14-15-26(20-31(24)34)19-28-12-10-17-35(28)21-29(40-41(6,7)33(3,4)5)22-39-25(2)30-13-9-8-11-27(30)16-18-38-23-32(36)37/h8-9,11,13-15,20,25,28-29H,10,12,16-19,21-23H2,1-7H3,(H,36,37)/t25-,28+,29+/m1/s1. The molecule has 0 aliphatic carbocycles. The summed E-state index contributed by atoms with van der Waals surface area (Å²) in [7, 11) is -2.06. The average molecular weight is 588 g/mol. The number of likely N-dealkylation sites (tertiary alicyclic amines) is 1. The van der Waals surface area contributed by atoms with Crippen molar-refractivity contribution in [2.75, 3.05) is 32.9 Å². The van der Waals surface area contributed by atoms with E-state index in [1.54, 1.807) is 13.0 Å². The summed E-state index contributed by atoms with van der Waals surface area (Å²) in [5.74, 6) is -1.10. The molecular weight excluding hydrogens is 537 g/mol. The summed E-state index contributed by atoms with van der Waals surface area (Å²) in [5.41, 5.74) is 3.90. The highest BCUT2D eigenvalue weighted by molar-refractivity contribution is 6.74. The van der Waals surface area contributed by atoms with Crippen LogP contribution >= 0.6 is 0 Å². The van der Waals surface area contributed by atoms with Crippen LogP contribution in [0.3, 0.4) is 0 Å². The average Bonchev–Trinajstić information content (AvgIpc) is 3.32. The maximum absolute atomic E-state index is 14.2. The van der Waals surface area contributed by atoms with Gasteiger partial charge in [-0.05, 0) is 92.5 Å². The zero-order chi connectivity index (χ0) is 30.2. The van der Waals surface area contributed by atoms with E-state index in [4.69, 9.17) is 19.0 Å². The highest BCUT2D eigenvalue weighted by Crippen LogP contribution is 2.38. The van der Waals surface area contributed by atoms with Gasteiger partial charge in [0, 0.05) is 12.6 Å². The molecule has 8 heteroatoms. The molecular formula is C33H50FNO5Si. The summed E-state index contributed by atoms with van der Waals surface area (Å²) < 4.78 is 33.0. The number of ether oxygens (including phenoxy) is 2. The van der Waals surface area contributed by atoms with E-state index < -0.39 is 14.3 Å². The van der Waals surface area contributed by atoms with Crippen molar-refractivity contribution in [1.82, 2.24) is 4.90 Å². The van der Waals surface area contributed by atoms with E-state index in [2.05, 4.69) is 51.8 Å².